The Balaban J connectivity index is 2.77. The molecular weight excluding hydrogens is 222 g/mol. The van der Waals surface area contributed by atoms with E-state index in [9.17, 15) is 8.78 Å². The topological polar surface area (TPSA) is 38.9 Å². The zero-order chi connectivity index (χ0) is 12.6. The van der Waals surface area contributed by atoms with Gasteiger partial charge in [0.2, 0.25) is 0 Å². The van der Waals surface area contributed by atoms with Crippen molar-refractivity contribution in [2.24, 2.45) is 5.73 Å². The van der Waals surface area contributed by atoms with Gasteiger partial charge in [0.15, 0.2) is 0 Å². The highest BCUT2D eigenvalue weighted by Crippen LogP contribution is 2.24. The number of hydrogen-bond donors (Lipinski definition) is 1. The molecule has 0 saturated heterocycles. The van der Waals surface area contributed by atoms with Gasteiger partial charge in [-0.15, -0.1) is 0 Å². The van der Waals surface area contributed by atoms with Crippen LogP contribution in [0.2, 0.25) is 0 Å². The maximum absolute atomic E-state index is 13.8. The summed E-state index contributed by atoms with van der Waals surface area (Å²) in [6.45, 7) is 3.59. The molecule has 0 fully saturated rings. The zero-order valence-electron chi connectivity index (χ0n) is 9.80. The summed E-state index contributed by atoms with van der Waals surface area (Å²) in [6.07, 6.45) is 0.500. The number of aromatic nitrogens is 1. The van der Waals surface area contributed by atoms with E-state index in [-0.39, 0.29) is 16.9 Å². The normalized spacial score (nSPS) is 13.0. The number of aryl methyl sites for hydroxylation is 1. The molecule has 2 aromatic rings. The third kappa shape index (κ3) is 2.26. The molecule has 0 aliphatic heterocycles. The van der Waals surface area contributed by atoms with Crippen LogP contribution in [0.25, 0.3) is 10.9 Å². The Labute approximate surface area is 98.5 Å². The van der Waals surface area contributed by atoms with Crippen LogP contribution in [-0.4, -0.2) is 11.0 Å². The summed E-state index contributed by atoms with van der Waals surface area (Å²) in [5, 5.41) is 0.243. The summed E-state index contributed by atoms with van der Waals surface area (Å²) >= 11 is 0. The average Bonchev–Trinajstić information content (AvgIpc) is 2.22. The van der Waals surface area contributed by atoms with Crippen molar-refractivity contribution in [2.75, 3.05) is 0 Å². The van der Waals surface area contributed by atoms with Crippen LogP contribution < -0.4 is 5.73 Å². The molecule has 0 saturated carbocycles. The van der Waals surface area contributed by atoms with E-state index in [1.807, 2.05) is 6.92 Å². The number of nitrogens with zero attached hydrogens (tertiary/aromatic N) is 1. The number of rotatable bonds is 2. The molecule has 0 aliphatic rings. The molecule has 0 radical (unpaired) electrons. The van der Waals surface area contributed by atoms with Crippen LogP contribution in [-0.2, 0) is 6.42 Å². The Hall–Kier alpha value is -1.55. The SMILES string of the molecule is Cc1cc(CC(C)N)c2c(F)ccc(F)c2n1. The van der Waals surface area contributed by atoms with E-state index in [0.29, 0.717) is 17.7 Å². The predicted molar refractivity (Wildman–Crippen MR) is 63.7 cm³/mol. The molecule has 2 N–H and O–H groups in total. The molecule has 0 amide bonds. The van der Waals surface area contributed by atoms with E-state index in [2.05, 4.69) is 4.98 Å². The van der Waals surface area contributed by atoms with Gasteiger partial charge in [0, 0.05) is 17.1 Å². The highest BCUT2D eigenvalue weighted by atomic mass is 19.1. The van der Waals surface area contributed by atoms with Crippen molar-refractivity contribution in [1.29, 1.82) is 0 Å². The van der Waals surface area contributed by atoms with E-state index < -0.39 is 11.6 Å². The van der Waals surface area contributed by atoms with Gasteiger partial charge < -0.3 is 5.73 Å². The van der Waals surface area contributed by atoms with Crippen molar-refractivity contribution >= 4 is 10.9 Å². The highest BCUT2D eigenvalue weighted by Gasteiger charge is 2.13. The van der Waals surface area contributed by atoms with E-state index >= 15 is 0 Å². The molecule has 1 unspecified atom stereocenters. The van der Waals surface area contributed by atoms with Gasteiger partial charge in [-0.1, -0.05) is 0 Å². The van der Waals surface area contributed by atoms with E-state index in [0.717, 1.165) is 12.1 Å². The van der Waals surface area contributed by atoms with Crippen LogP contribution in [0.3, 0.4) is 0 Å². The first kappa shape index (κ1) is 11.9. The van der Waals surface area contributed by atoms with E-state index in [1.165, 1.54) is 0 Å². The van der Waals surface area contributed by atoms with Gasteiger partial charge in [0.25, 0.3) is 0 Å². The van der Waals surface area contributed by atoms with Crippen molar-refractivity contribution in [1.82, 2.24) is 4.98 Å². The first-order valence-corrected chi connectivity index (χ1v) is 5.49. The van der Waals surface area contributed by atoms with Crippen LogP contribution in [0.15, 0.2) is 18.2 Å². The molecule has 1 aromatic heterocycles. The maximum Gasteiger partial charge on any atom is 0.149 e. The second kappa shape index (κ2) is 4.37. The lowest BCUT2D eigenvalue weighted by Gasteiger charge is -2.11. The summed E-state index contributed by atoms with van der Waals surface area (Å²) in [6, 6.07) is 3.87. The second-order valence-corrected chi connectivity index (χ2v) is 4.36. The third-order valence-corrected chi connectivity index (χ3v) is 2.61. The van der Waals surface area contributed by atoms with Crippen molar-refractivity contribution < 1.29 is 8.78 Å². The fourth-order valence-electron chi connectivity index (χ4n) is 2.00. The molecule has 1 aromatic carbocycles. The van der Waals surface area contributed by atoms with Crippen molar-refractivity contribution in [3.05, 3.63) is 41.1 Å². The second-order valence-electron chi connectivity index (χ2n) is 4.36. The first-order valence-electron chi connectivity index (χ1n) is 5.49. The van der Waals surface area contributed by atoms with Crippen molar-refractivity contribution in [2.45, 2.75) is 26.3 Å². The molecule has 90 valence electrons. The Morgan fingerprint density at radius 2 is 1.94 bits per heavy atom. The molecule has 2 rings (SSSR count). The van der Waals surface area contributed by atoms with Gasteiger partial charge in [-0.2, -0.15) is 0 Å². The molecule has 0 bridgehead atoms. The highest BCUT2D eigenvalue weighted by molar-refractivity contribution is 5.83. The molecule has 4 heteroatoms. The summed E-state index contributed by atoms with van der Waals surface area (Å²) in [4.78, 5) is 4.05. The Kier molecular flexibility index (Phi) is 3.07. The average molecular weight is 236 g/mol. The summed E-state index contributed by atoms with van der Waals surface area (Å²) in [5.41, 5.74) is 7.17. The predicted octanol–water partition coefficient (Wildman–Crippen LogP) is 2.71. The molecule has 1 atom stereocenters. The number of pyridine rings is 1. The Bertz CT molecular complexity index is 565. The molecule has 2 nitrogen and oxygen atoms in total. The zero-order valence-corrected chi connectivity index (χ0v) is 9.80. The smallest absolute Gasteiger partial charge is 0.149 e. The van der Waals surface area contributed by atoms with Crippen LogP contribution >= 0.6 is 0 Å². The standard InChI is InChI=1S/C13H14F2N2/c1-7(16)5-9-6-8(2)17-13-11(15)4-3-10(14)12(9)13/h3-4,6-7H,5,16H2,1-2H3. The molecule has 0 spiro atoms. The van der Waals surface area contributed by atoms with Crippen molar-refractivity contribution in [3.63, 3.8) is 0 Å². The molecule has 17 heavy (non-hydrogen) atoms. The van der Waals surface area contributed by atoms with Gasteiger partial charge in [-0.05, 0) is 44.0 Å². The van der Waals surface area contributed by atoms with Crippen LogP contribution in [0.1, 0.15) is 18.2 Å². The minimum atomic E-state index is -0.504. The van der Waals surface area contributed by atoms with Gasteiger partial charge in [0.05, 0.1) is 0 Å². The molecule has 1 heterocycles. The molecule has 0 aliphatic carbocycles. The van der Waals surface area contributed by atoms with Crippen LogP contribution in [0, 0.1) is 18.6 Å². The Morgan fingerprint density at radius 1 is 1.29 bits per heavy atom. The fourth-order valence-corrected chi connectivity index (χ4v) is 2.00. The number of nitrogens with two attached hydrogens (primary N) is 1. The summed E-state index contributed by atoms with van der Waals surface area (Å²) in [5.74, 6) is -0.958. The summed E-state index contributed by atoms with van der Waals surface area (Å²) < 4.78 is 27.4. The van der Waals surface area contributed by atoms with Gasteiger partial charge in [-0.3, -0.25) is 0 Å². The lowest BCUT2D eigenvalue weighted by Crippen LogP contribution is -2.18. The lowest BCUT2D eigenvalue weighted by atomic mass is 10.0. The maximum atomic E-state index is 13.8. The number of hydrogen-bond acceptors (Lipinski definition) is 2. The lowest BCUT2D eigenvalue weighted by molar-refractivity contribution is 0.613. The number of benzene rings is 1. The van der Waals surface area contributed by atoms with Gasteiger partial charge >= 0.3 is 0 Å². The minimum Gasteiger partial charge on any atom is -0.328 e. The van der Waals surface area contributed by atoms with Crippen LogP contribution in [0.5, 0.6) is 0 Å². The fraction of sp³-hybridized carbons (Fsp3) is 0.308. The Morgan fingerprint density at radius 3 is 2.59 bits per heavy atom. The monoisotopic (exact) mass is 236 g/mol. The van der Waals surface area contributed by atoms with Gasteiger partial charge in [-0.25, -0.2) is 13.8 Å². The van der Waals surface area contributed by atoms with Gasteiger partial charge in [0.1, 0.15) is 17.2 Å². The minimum absolute atomic E-state index is 0.0839. The quantitative estimate of drug-likeness (QED) is 0.870. The number of halogens is 2. The molecular formula is C13H14F2N2. The van der Waals surface area contributed by atoms with E-state index in [4.69, 9.17) is 5.73 Å². The third-order valence-electron chi connectivity index (χ3n) is 2.61. The van der Waals surface area contributed by atoms with E-state index in [1.54, 1.807) is 13.0 Å². The number of fused-ring (bicyclic) bond motifs is 1. The summed E-state index contributed by atoms with van der Waals surface area (Å²) in [7, 11) is 0. The first-order chi connectivity index (χ1) is 7.99. The largest absolute Gasteiger partial charge is 0.328 e. The van der Waals surface area contributed by atoms with Crippen LogP contribution in [0.4, 0.5) is 8.78 Å². The van der Waals surface area contributed by atoms with Crippen molar-refractivity contribution in [3.8, 4) is 0 Å².